The van der Waals surface area contributed by atoms with Crippen molar-refractivity contribution in [1.29, 1.82) is 0 Å². The van der Waals surface area contributed by atoms with Crippen LogP contribution in [0.3, 0.4) is 0 Å². The van der Waals surface area contributed by atoms with Crippen molar-refractivity contribution in [1.82, 2.24) is 4.98 Å². The van der Waals surface area contributed by atoms with Crippen LogP contribution in [0.4, 0.5) is 11.4 Å². The van der Waals surface area contributed by atoms with Gasteiger partial charge in [-0.1, -0.05) is 47.7 Å². The molecule has 5 aromatic rings. The number of nitrogens with one attached hydrogen (secondary N) is 2. The van der Waals surface area contributed by atoms with Gasteiger partial charge in [0.25, 0.3) is 5.91 Å². The summed E-state index contributed by atoms with van der Waals surface area (Å²) < 4.78 is 17.2. The minimum atomic E-state index is -0.487. The number of thioether (sulfide) groups is 1. The highest BCUT2D eigenvalue weighted by Gasteiger charge is 2.69. The van der Waals surface area contributed by atoms with Crippen LogP contribution in [0, 0.1) is 29.6 Å². The molecule has 2 aliphatic carbocycles. The van der Waals surface area contributed by atoms with Crippen LogP contribution in [0.25, 0.3) is 10.8 Å². The van der Waals surface area contributed by atoms with E-state index in [9.17, 15) is 24.0 Å². The smallest absolute Gasteiger partial charge is 0.338 e. The number of amides is 3. The Balaban J connectivity index is 0.982. The zero-order valence-electron chi connectivity index (χ0n) is 30.0. The first-order valence-corrected chi connectivity index (χ1v) is 20.2. The van der Waals surface area contributed by atoms with Crippen molar-refractivity contribution in [2.75, 3.05) is 30.0 Å². The molecule has 13 heteroatoms. The lowest BCUT2D eigenvalue weighted by atomic mass is 9.68. The standard InChI is InChI=1S/C42H37N3O8S2/c1-3-51-30-18-24(12-16-29(30)53-20-31(46)43-25-13-9-21-7-5-6-8-23(21)17-25)32-33-27-19-28(36(33)54-38-37(32)55-42(50)44-38)35-34(27)39(47)45(40(35)48)26-14-10-22(11-15-26)41(49)52-4-2/h5-18,27-28,32-36H,3-4,19-20H2,1-2H3,(H,43,46)(H,44,50)/t27?,28?,32-,33?,34?,35?,36?/m1/s1. The molecule has 2 saturated carbocycles. The third kappa shape index (κ3) is 6.00. The lowest BCUT2D eigenvalue weighted by Crippen LogP contribution is -2.42. The summed E-state index contributed by atoms with van der Waals surface area (Å²) in [5.41, 5.74) is 2.37. The molecular formula is C42H37N3O8S2. The molecule has 3 heterocycles. The van der Waals surface area contributed by atoms with Crippen LogP contribution in [0.5, 0.6) is 11.5 Å². The molecule has 4 aliphatic rings. The van der Waals surface area contributed by atoms with Gasteiger partial charge in [-0.2, -0.15) is 0 Å². The predicted molar refractivity (Wildman–Crippen MR) is 209 cm³/mol. The van der Waals surface area contributed by atoms with E-state index in [1.54, 1.807) is 49.0 Å². The second kappa shape index (κ2) is 14.0. The van der Waals surface area contributed by atoms with Crippen molar-refractivity contribution in [2.45, 2.75) is 36.5 Å². The predicted octanol–water partition coefficient (Wildman–Crippen LogP) is 6.86. The van der Waals surface area contributed by atoms with Gasteiger partial charge in [-0.15, -0.1) is 11.8 Å². The van der Waals surface area contributed by atoms with Crippen molar-refractivity contribution in [3.63, 3.8) is 0 Å². The quantitative estimate of drug-likeness (QED) is 0.115. The first-order chi connectivity index (χ1) is 26.7. The average molecular weight is 776 g/mol. The van der Waals surface area contributed by atoms with E-state index in [1.807, 2.05) is 61.5 Å². The van der Waals surface area contributed by atoms with Crippen LogP contribution in [-0.4, -0.2) is 53.7 Å². The van der Waals surface area contributed by atoms with Crippen molar-refractivity contribution in [3.8, 4) is 11.5 Å². The molecule has 2 N–H and O–H groups in total. The van der Waals surface area contributed by atoms with Gasteiger partial charge in [0.2, 0.25) is 11.8 Å². The topological polar surface area (TPSA) is 144 Å². The molecule has 55 heavy (non-hydrogen) atoms. The Morgan fingerprint density at radius 3 is 2.36 bits per heavy atom. The van der Waals surface area contributed by atoms with Gasteiger partial charge in [0.15, 0.2) is 18.1 Å². The first-order valence-electron chi connectivity index (χ1n) is 18.5. The van der Waals surface area contributed by atoms with Crippen molar-refractivity contribution < 1.29 is 33.4 Å². The normalized spacial score (nSPS) is 24.7. The Morgan fingerprint density at radius 2 is 1.60 bits per heavy atom. The number of H-pyrrole nitrogens is 1. The molecule has 1 aromatic heterocycles. The number of aromatic amines is 1. The highest BCUT2D eigenvalue weighted by atomic mass is 32.2. The number of carbonyl (C=O) groups is 4. The number of hydrogen-bond donors (Lipinski definition) is 2. The largest absolute Gasteiger partial charge is 0.490 e. The summed E-state index contributed by atoms with van der Waals surface area (Å²) in [5, 5.41) is 5.81. The number of esters is 1. The van der Waals surface area contributed by atoms with Crippen LogP contribution < -0.4 is 24.6 Å². The van der Waals surface area contributed by atoms with Crippen LogP contribution in [0.2, 0.25) is 0 Å². The SMILES string of the molecule is CCOC(=O)c1ccc(N2C(=O)C3C4CC(C3C2=O)C2C4Sc3[nH]c(=O)sc3[C@@H]2c2ccc(OCC(=O)Nc3ccc4ccccc4c3)c(OCC)c2)cc1. The second-order valence-corrected chi connectivity index (χ2v) is 16.5. The zero-order valence-corrected chi connectivity index (χ0v) is 31.6. The molecule has 2 aliphatic heterocycles. The number of ether oxygens (including phenoxy) is 3. The van der Waals surface area contributed by atoms with E-state index in [4.69, 9.17) is 14.2 Å². The van der Waals surface area contributed by atoms with Gasteiger partial charge in [-0.05, 0) is 103 Å². The van der Waals surface area contributed by atoms with Crippen LogP contribution in [0.15, 0.2) is 94.7 Å². The van der Waals surface area contributed by atoms with Crippen molar-refractivity contribution in [3.05, 3.63) is 111 Å². The molecule has 0 spiro atoms. The van der Waals surface area contributed by atoms with Gasteiger partial charge >= 0.3 is 10.8 Å². The highest BCUT2D eigenvalue weighted by Crippen LogP contribution is 2.69. The number of aromatic nitrogens is 1. The number of nitrogens with zero attached hydrogens (tertiary/aromatic N) is 1. The van der Waals surface area contributed by atoms with Gasteiger partial charge in [-0.25, -0.2) is 4.79 Å². The lowest BCUT2D eigenvalue weighted by molar-refractivity contribution is -0.123. The number of anilines is 2. The molecule has 9 rings (SSSR count). The molecule has 2 bridgehead atoms. The molecule has 280 valence electrons. The fourth-order valence-corrected chi connectivity index (χ4v) is 12.2. The molecular weight excluding hydrogens is 739 g/mol. The summed E-state index contributed by atoms with van der Waals surface area (Å²) in [4.78, 5) is 71.5. The van der Waals surface area contributed by atoms with E-state index in [0.717, 1.165) is 32.7 Å². The Labute approximate surface area is 324 Å². The molecule has 4 aromatic carbocycles. The molecule has 3 amide bonds. The van der Waals surface area contributed by atoms with Crippen LogP contribution in [-0.2, 0) is 19.1 Å². The minimum Gasteiger partial charge on any atom is -0.490 e. The second-order valence-electron chi connectivity index (χ2n) is 14.3. The van der Waals surface area contributed by atoms with E-state index < -0.39 is 17.8 Å². The Bertz CT molecular complexity index is 2430. The van der Waals surface area contributed by atoms with Gasteiger partial charge in [0.05, 0.1) is 41.3 Å². The monoisotopic (exact) mass is 775 g/mol. The summed E-state index contributed by atoms with van der Waals surface area (Å²) in [6, 6.07) is 25.8. The van der Waals surface area contributed by atoms with Gasteiger partial charge in [-0.3, -0.25) is 24.1 Å². The average Bonchev–Trinajstić information content (AvgIpc) is 3.93. The number of fused-ring (bicyclic) bond motifs is 10. The van der Waals surface area contributed by atoms with Crippen molar-refractivity contribution in [2.24, 2.45) is 29.6 Å². The van der Waals surface area contributed by atoms with Crippen molar-refractivity contribution >= 4 is 68.9 Å². The highest BCUT2D eigenvalue weighted by molar-refractivity contribution is 8.00. The number of imide groups is 1. The lowest BCUT2D eigenvalue weighted by Gasteiger charge is -2.43. The van der Waals surface area contributed by atoms with E-state index in [1.165, 1.54) is 16.2 Å². The molecule has 11 nitrogen and oxygen atoms in total. The zero-order chi connectivity index (χ0) is 38.0. The van der Waals surface area contributed by atoms with E-state index in [2.05, 4.69) is 10.3 Å². The number of carbonyl (C=O) groups excluding carboxylic acids is 4. The maximum atomic E-state index is 14.2. The summed E-state index contributed by atoms with van der Waals surface area (Å²) in [6.07, 6.45) is 0.742. The maximum absolute atomic E-state index is 14.2. The van der Waals surface area contributed by atoms with E-state index >= 15 is 0 Å². The van der Waals surface area contributed by atoms with Gasteiger partial charge < -0.3 is 24.5 Å². The summed E-state index contributed by atoms with van der Waals surface area (Å²) in [6.45, 7) is 3.98. The molecule has 0 radical (unpaired) electrons. The fourth-order valence-electron chi connectivity index (χ4n) is 9.32. The van der Waals surface area contributed by atoms with E-state index in [0.29, 0.717) is 35.0 Å². The number of thiazole rings is 1. The summed E-state index contributed by atoms with van der Waals surface area (Å²) in [7, 11) is 0. The van der Waals surface area contributed by atoms with Crippen LogP contribution in [0.1, 0.15) is 47.0 Å². The van der Waals surface area contributed by atoms with E-state index in [-0.39, 0.29) is 64.7 Å². The molecule has 6 unspecified atom stereocenters. The number of benzene rings is 4. The fraction of sp³-hybridized carbons (Fsp3) is 0.310. The Morgan fingerprint density at radius 1 is 0.836 bits per heavy atom. The first kappa shape index (κ1) is 35.3. The molecule has 7 atom stereocenters. The Kier molecular flexibility index (Phi) is 9.01. The number of rotatable bonds is 10. The minimum absolute atomic E-state index is 0.00200. The number of hydrogen-bond acceptors (Lipinski definition) is 10. The third-order valence-corrected chi connectivity index (χ3v) is 14.0. The molecule has 1 saturated heterocycles. The molecule has 3 fully saturated rings. The van der Waals surface area contributed by atoms with Crippen LogP contribution >= 0.6 is 23.1 Å². The third-order valence-electron chi connectivity index (χ3n) is 11.4. The Hall–Kier alpha value is -5.40. The van der Waals surface area contributed by atoms with Gasteiger partial charge in [0, 0.05) is 21.7 Å². The van der Waals surface area contributed by atoms with Gasteiger partial charge in [0.1, 0.15) is 0 Å². The summed E-state index contributed by atoms with van der Waals surface area (Å²) >= 11 is 2.80. The maximum Gasteiger partial charge on any atom is 0.338 e. The summed E-state index contributed by atoms with van der Waals surface area (Å²) in [5.74, 6) is -1.66.